The second-order valence-electron chi connectivity index (χ2n) is 4.53. The van der Waals surface area contributed by atoms with Gasteiger partial charge in [0.25, 0.3) is 0 Å². The molecule has 1 aliphatic rings. The van der Waals surface area contributed by atoms with E-state index in [-0.39, 0.29) is 6.61 Å². The van der Waals surface area contributed by atoms with Gasteiger partial charge in [-0.3, -0.25) is 0 Å². The molecular formula is C13H15BrN4O3. The van der Waals surface area contributed by atoms with Gasteiger partial charge in [-0.05, 0) is 15.9 Å². The highest BCUT2D eigenvalue weighted by atomic mass is 79.9. The Hall–Kier alpha value is -1.80. The van der Waals surface area contributed by atoms with E-state index >= 15 is 0 Å². The van der Waals surface area contributed by atoms with Crippen LogP contribution in [0, 0.1) is 0 Å². The van der Waals surface area contributed by atoms with E-state index in [9.17, 15) is 0 Å². The Labute approximate surface area is 130 Å². The molecule has 0 fully saturated rings. The van der Waals surface area contributed by atoms with Gasteiger partial charge in [-0.2, -0.15) is 0 Å². The Balaban J connectivity index is 1.69. The molecule has 0 atom stereocenters. The predicted octanol–water partition coefficient (Wildman–Crippen LogP) is 1.42. The van der Waals surface area contributed by atoms with Crippen molar-refractivity contribution >= 4 is 21.6 Å². The minimum Gasteiger partial charge on any atom is -0.486 e. The summed E-state index contributed by atoms with van der Waals surface area (Å²) < 4.78 is 13.6. The molecule has 2 N–H and O–H groups in total. The van der Waals surface area contributed by atoms with Crippen molar-refractivity contribution in [3.8, 4) is 11.5 Å². The first-order valence-electron chi connectivity index (χ1n) is 6.59. The van der Waals surface area contributed by atoms with E-state index in [1.165, 1.54) is 0 Å². The number of halogens is 1. The molecule has 8 heteroatoms. The van der Waals surface area contributed by atoms with Crippen LogP contribution in [-0.4, -0.2) is 39.9 Å². The van der Waals surface area contributed by atoms with Gasteiger partial charge in [0.05, 0.1) is 31.6 Å². The van der Waals surface area contributed by atoms with Crippen molar-refractivity contribution in [2.45, 2.75) is 13.1 Å². The minimum atomic E-state index is 0.0456. The molecule has 3 rings (SSSR count). The summed E-state index contributed by atoms with van der Waals surface area (Å²) in [5.74, 6) is 1.48. The Kier molecular flexibility index (Phi) is 4.26. The van der Waals surface area contributed by atoms with Crippen LogP contribution in [0.4, 0.5) is 5.69 Å². The molecule has 0 bridgehead atoms. The van der Waals surface area contributed by atoms with Crippen LogP contribution < -0.4 is 14.8 Å². The first-order valence-corrected chi connectivity index (χ1v) is 7.38. The standard InChI is InChI=1S/C13H15BrN4O3/c14-10-5-12-13(21-4-3-20-12)6-11(10)15-7-9-8-18(1-2-19)17-16-9/h5-6,8,15,19H,1-4,7H2. The molecule has 0 unspecified atom stereocenters. The number of nitrogens with one attached hydrogen (secondary N) is 1. The molecule has 21 heavy (non-hydrogen) atoms. The van der Waals surface area contributed by atoms with E-state index in [1.807, 2.05) is 12.1 Å². The third kappa shape index (κ3) is 3.27. The normalized spacial score (nSPS) is 13.2. The van der Waals surface area contributed by atoms with Gasteiger partial charge in [0, 0.05) is 16.6 Å². The van der Waals surface area contributed by atoms with Crippen molar-refractivity contribution in [3.63, 3.8) is 0 Å². The quantitative estimate of drug-likeness (QED) is 0.844. The Morgan fingerprint density at radius 1 is 1.29 bits per heavy atom. The van der Waals surface area contributed by atoms with Crippen LogP contribution in [0.1, 0.15) is 5.69 Å². The Morgan fingerprint density at radius 3 is 2.81 bits per heavy atom. The average Bonchev–Trinajstić information content (AvgIpc) is 2.93. The van der Waals surface area contributed by atoms with Gasteiger partial charge in [-0.25, -0.2) is 4.68 Å². The molecule has 0 saturated carbocycles. The van der Waals surface area contributed by atoms with Crippen LogP contribution in [0.5, 0.6) is 11.5 Å². The van der Waals surface area contributed by atoms with Gasteiger partial charge in [0.2, 0.25) is 0 Å². The second kappa shape index (κ2) is 6.31. The molecule has 2 heterocycles. The molecular weight excluding hydrogens is 340 g/mol. The van der Waals surface area contributed by atoms with Crippen LogP contribution >= 0.6 is 15.9 Å². The molecule has 0 amide bonds. The third-order valence-electron chi connectivity index (χ3n) is 3.01. The number of fused-ring (bicyclic) bond motifs is 1. The van der Waals surface area contributed by atoms with Crippen molar-refractivity contribution in [2.24, 2.45) is 0 Å². The molecule has 112 valence electrons. The summed E-state index contributed by atoms with van der Waals surface area (Å²) in [5.41, 5.74) is 1.70. The lowest BCUT2D eigenvalue weighted by Gasteiger charge is -2.20. The largest absolute Gasteiger partial charge is 0.486 e. The summed E-state index contributed by atoms with van der Waals surface area (Å²) in [6.07, 6.45) is 1.80. The SMILES string of the molecule is OCCn1cc(CNc2cc3c(cc2Br)OCCO3)nn1. The summed E-state index contributed by atoms with van der Waals surface area (Å²) in [7, 11) is 0. The number of benzene rings is 1. The molecule has 0 saturated heterocycles. The number of nitrogens with zero attached hydrogens (tertiary/aromatic N) is 3. The van der Waals surface area contributed by atoms with Gasteiger partial charge >= 0.3 is 0 Å². The van der Waals surface area contributed by atoms with Gasteiger partial charge in [-0.15, -0.1) is 5.10 Å². The van der Waals surface area contributed by atoms with Crippen molar-refractivity contribution in [3.05, 3.63) is 28.5 Å². The summed E-state index contributed by atoms with van der Waals surface area (Å²) in [4.78, 5) is 0. The summed E-state index contributed by atoms with van der Waals surface area (Å²) >= 11 is 3.51. The lowest BCUT2D eigenvalue weighted by atomic mass is 10.2. The Bertz CT molecular complexity index is 632. The van der Waals surface area contributed by atoms with Crippen molar-refractivity contribution in [1.82, 2.24) is 15.0 Å². The topological polar surface area (TPSA) is 81.4 Å². The highest BCUT2D eigenvalue weighted by Crippen LogP contribution is 2.38. The lowest BCUT2D eigenvalue weighted by molar-refractivity contribution is 0.171. The smallest absolute Gasteiger partial charge is 0.163 e. The summed E-state index contributed by atoms with van der Waals surface area (Å²) in [5, 5.41) is 20.1. The maximum absolute atomic E-state index is 8.85. The molecule has 7 nitrogen and oxygen atoms in total. The number of aliphatic hydroxyl groups is 1. The van der Waals surface area contributed by atoms with Gasteiger partial charge in [0.1, 0.15) is 18.9 Å². The maximum Gasteiger partial charge on any atom is 0.163 e. The molecule has 2 aromatic rings. The number of ether oxygens (including phenoxy) is 2. The van der Waals surface area contributed by atoms with Gasteiger partial charge in [-0.1, -0.05) is 5.21 Å². The van der Waals surface area contributed by atoms with E-state index in [1.54, 1.807) is 10.9 Å². The van der Waals surface area contributed by atoms with Crippen molar-refractivity contribution in [2.75, 3.05) is 25.1 Å². The number of hydrogen-bond acceptors (Lipinski definition) is 6. The highest BCUT2D eigenvalue weighted by molar-refractivity contribution is 9.10. The number of hydrogen-bond donors (Lipinski definition) is 2. The third-order valence-corrected chi connectivity index (χ3v) is 3.66. The fourth-order valence-corrected chi connectivity index (χ4v) is 2.48. The van der Waals surface area contributed by atoms with E-state index in [4.69, 9.17) is 14.6 Å². The van der Waals surface area contributed by atoms with Crippen LogP contribution in [0.25, 0.3) is 0 Å². The molecule has 1 aromatic carbocycles. The van der Waals surface area contributed by atoms with Gasteiger partial charge < -0.3 is 19.9 Å². The molecule has 0 spiro atoms. The van der Waals surface area contributed by atoms with Gasteiger partial charge in [0.15, 0.2) is 11.5 Å². The Morgan fingerprint density at radius 2 is 2.05 bits per heavy atom. The van der Waals surface area contributed by atoms with E-state index in [0.717, 1.165) is 27.4 Å². The first-order chi connectivity index (χ1) is 10.3. The number of aliphatic hydroxyl groups excluding tert-OH is 1. The highest BCUT2D eigenvalue weighted by Gasteiger charge is 2.15. The van der Waals surface area contributed by atoms with Crippen molar-refractivity contribution in [1.29, 1.82) is 0 Å². The monoisotopic (exact) mass is 354 g/mol. The molecule has 1 aromatic heterocycles. The van der Waals surface area contributed by atoms with E-state index in [2.05, 4.69) is 31.6 Å². The van der Waals surface area contributed by atoms with Crippen LogP contribution in [0.15, 0.2) is 22.8 Å². The number of rotatable bonds is 5. The lowest BCUT2D eigenvalue weighted by Crippen LogP contribution is -2.15. The van der Waals surface area contributed by atoms with Crippen LogP contribution in [-0.2, 0) is 13.1 Å². The minimum absolute atomic E-state index is 0.0456. The molecule has 1 aliphatic heterocycles. The van der Waals surface area contributed by atoms with Crippen LogP contribution in [0.2, 0.25) is 0 Å². The zero-order valence-electron chi connectivity index (χ0n) is 11.3. The summed E-state index contributed by atoms with van der Waals surface area (Å²) in [6, 6.07) is 3.79. The maximum atomic E-state index is 8.85. The zero-order valence-corrected chi connectivity index (χ0v) is 12.8. The fourth-order valence-electron chi connectivity index (χ4n) is 2.02. The summed E-state index contributed by atoms with van der Waals surface area (Å²) in [6.45, 7) is 2.15. The fraction of sp³-hybridized carbons (Fsp3) is 0.385. The number of anilines is 1. The second-order valence-corrected chi connectivity index (χ2v) is 5.38. The van der Waals surface area contributed by atoms with Crippen LogP contribution in [0.3, 0.4) is 0 Å². The van der Waals surface area contributed by atoms with E-state index in [0.29, 0.717) is 26.3 Å². The molecule has 0 aliphatic carbocycles. The molecule has 0 radical (unpaired) electrons. The average molecular weight is 355 g/mol. The van der Waals surface area contributed by atoms with Crippen molar-refractivity contribution < 1.29 is 14.6 Å². The van der Waals surface area contributed by atoms with E-state index < -0.39 is 0 Å². The zero-order chi connectivity index (χ0) is 14.7. The number of aromatic nitrogens is 3. The first kappa shape index (κ1) is 14.2. The predicted molar refractivity (Wildman–Crippen MR) is 79.6 cm³/mol.